The zero-order valence-corrected chi connectivity index (χ0v) is 17.8. The number of para-hydroxylation sites is 1. The number of rotatable bonds is 2. The number of carboxylic acids is 1. The topological polar surface area (TPSA) is 47.2 Å². The fraction of sp³-hybridized carbons (Fsp3) is 0.370. The van der Waals surface area contributed by atoms with Gasteiger partial charge in [-0.3, -0.25) is 0 Å². The van der Waals surface area contributed by atoms with E-state index in [1.54, 1.807) is 6.07 Å². The smallest absolute Gasteiger partial charge is 0.335 e. The Balaban J connectivity index is 1.71. The molecule has 0 unspecified atom stereocenters. The van der Waals surface area contributed by atoms with Crippen molar-refractivity contribution in [3.8, 4) is 11.4 Å². The summed E-state index contributed by atoms with van der Waals surface area (Å²) in [6.07, 6.45) is 8.58. The summed E-state index contributed by atoms with van der Waals surface area (Å²) in [6.45, 7) is 1.98. The van der Waals surface area contributed by atoms with Gasteiger partial charge in [0, 0.05) is 34.9 Å². The van der Waals surface area contributed by atoms with Crippen molar-refractivity contribution in [2.45, 2.75) is 64.0 Å². The van der Waals surface area contributed by atoms with Crippen LogP contribution in [0.25, 0.3) is 33.2 Å². The lowest BCUT2D eigenvalue weighted by Crippen LogP contribution is -2.12. The molecule has 4 heteroatoms. The Morgan fingerprint density at radius 3 is 2.42 bits per heavy atom. The fourth-order valence-electron chi connectivity index (χ4n) is 6.01. The van der Waals surface area contributed by atoms with E-state index in [1.165, 1.54) is 65.3 Å². The highest BCUT2D eigenvalue weighted by molar-refractivity contribution is 5.99. The van der Waals surface area contributed by atoms with Gasteiger partial charge in [-0.2, -0.15) is 0 Å². The average molecular weight is 413 g/mol. The number of hydrogen-bond acceptors (Lipinski definition) is 1. The summed E-state index contributed by atoms with van der Waals surface area (Å²) in [5.41, 5.74) is 6.87. The van der Waals surface area contributed by atoms with Gasteiger partial charge in [-0.05, 0) is 61.4 Å². The third-order valence-corrected chi connectivity index (χ3v) is 7.43. The van der Waals surface area contributed by atoms with E-state index in [1.807, 2.05) is 6.07 Å². The molecule has 2 aliphatic rings. The van der Waals surface area contributed by atoms with Crippen LogP contribution in [-0.2, 0) is 13.1 Å². The maximum Gasteiger partial charge on any atom is 0.335 e. The molecule has 0 amide bonds. The molecule has 1 fully saturated rings. The Bertz CT molecular complexity index is 1300. The maximum atomic E-state index is 11.7. The molecular formula is C27H28N2O2. The van der Waals surface area contributed by atoms with Crippen molar-refractivity contribution in [3.63, 3.8) is 0 Å². The van der Waals surface area contributed by atoms with Crippen molar-refractivity contribution in [3.05, 3.63) is 59.7 Å². The van der Waals surface area contributed by atoms with Gasteiger partial charge in [0.1, 0.15) is 0 Å². The molecule has 4 nitrogen and oxygen atoms in total. The zero-order chi connectivity index (χ0) is 20.9. The summed E-state index contributed by atoms with van der Waals surface area (Å²) in [7, 11) is 0. The van der Waals surface area contributed by atoms with Crippen LogP contribution in [0.2, 0.25) is 0 Å². The summed E-state index contributed by atoms with van der Waals surface area (Å²) >= 11 is 0. The van der Waals surface area contributed by atoms with Gasteiger partial charge in [-0.25, -0.2) is 4.79 Å². The lowest BCUT2D eigenvalue weighted by atomic mass is 9.82. The van der Waals surface area contributed by atoms with Crippen LogP contribution in [0.1, 0.15) is 66.8 Å². The maximum absolute atomic E-state index is 11.7. The SMILES string of the molecule is O=C(O)c1ccc2c(C3CCCCC3)c3n(c2c1)CCCCn1c-3cc2ccccc21. The first kappa shape index (κ1) is 18.7. The van der Waals surface area contributed by atoms with Gasteiger partial charge in [-0.1, -0.05) is 43.5 Å². The Hall–Kier alpha value is -3.01. The highest BCUT2D eigenvalue weighted by Gasteiger charge is 2.29. The normalized spacial score (nSPS) is 17.3. The molecule has 2 aromatic heterocycles. The van der Waals surface area contributed by atoms with Crippen molar-refractivity contribution >= 4 is 27.8 Å². The van der Waals surface area contributed by atoms with Crippen LogP contribution in [0.3, 0.4) is 0 Å². The Morgan fingerprint density at radius 2 is 1.61 bits per heavy atom. The summed E-state index contributed by atoms with van der Waals surface area (Å²) in [6, 6.07) is 16.8. The molecule has 1 saturated carbocycles. The van der Waals surface area contributed by atoms with Gasteiger partial charge in [0.25, 0.3) is 0 Å². The standard InChI is InChI=1S/C27H28N2O2/c30-27(31)20-12-13-21-23(17-20)29-15-7-6-14-28-22-11-5-4-10-19(22)16-24(28)26(29)25(21)18-8-2-1-3-9-18/h4-5,10-13,16-18H,1-3,6-9,14-15H2,(H,30,31). The molecule has 0 radical (unpaired) electrons. The lowest BCUT2D eigenvalue weighted by Gasteiger charge is -2.25. The highest BCUT2D eigenvalue weighted by atomic mass is 16.4. The second-order valence-electron chi connectivity index (χ2n) is 9.23. The predicted molar refractivity (Wildman–Crippen MR) is 125 cm³/mol. The number of aromatic nitrogens is 2. The number of carboxylic acid groups (broad SMARTS) is 1. The molecule has 0 bridgehead atoms. The molecule has 158 valence electrons. The predicted octanol–water partition coefficient (Wildman–Crippen LogP) is 6.80. The quantitative estimate of drug-likeness (QED) is 0.393. The van der Waals surface area contributed by atoms with E-state index in [0.717, 1.165) is 31.4 Å². The molecule has 0 spiro atoms. The Labute approximate surface area is 182 Å². The minimum atomic E-state index is -0.850. The number of nitrogens with zero attached hydrogens (tertiary/aromatic N) is 2. The monoisotopic (exact) mass is 412 g/mol. The number of aromatic carboxylic acids is 1. The summed E-state index contributed by atoms with van der Waals surface area (Å²) < 4.78 is 4.94. The van der Waals surface area contributed by atoms with Crippen LogP contribution < -0.4 is 0 Å². The van der Waals surface area contributed by atoms with Gasteiger partial charge >= 0.3 is 5.97 Å². The van der Waals surface area contributed by atoms with Gasteiger partial charge in [0.2, 0.25) is 0 Å². The van der Waals surface area contributed by atoms with Crippen molar-refractivity contribution in [1.29, 1.82) is 0 Å². The van der Waals surface area contributed by atoms with Crippen LogP contribution in [-0.4, -0.2) is 20.2 Å². The molecule has 1 aliphatic carbocycles. The summed E-state index contributed by atoms with van der Waals surface area (Å²) in [5, 5.41) is 12.2. The summed E-state index contributed by atoms with van der Waals surface area (Å²) in [5.74, 6) is -0.300. The van der Waals surface area contributed by atoms with Crippen LogP contribution in [0.5, 0.6) is 0 Å². The first-order valence-corrected chi connectivity index (χ1v) is 11.7. The van der Waals surface area contributed by atoms with Gasteiger partial charge in [0.05, 0.1) is 17.0 Å². The second-order valence-corrected chi connectivity index (χ2v) is 9.23. The fourth-order valence-corrected chi connectivity index (χ4v) is 6.01. The molecule has 0 saturated heterocycles. The first-order valence-electron chi connectivity index (χ1n) is 11.7. The molecule has 1 aliphatic heterocycles. The van der Waals surface area contributed by atoms with Crippen molar-refractivity contribution in [2.24, 2.45) is 0 Å². The zero-order valence-electron chi connectivity index (χ0n) is 17.8. The van der Waals surface area contributed by atoms with Crippen molar-refractivity contribution in [2.75, 3.05) is 0 Å². The number of carbonyl (C=O) groups is 1. The number of fused-ring (bicyclic) bond motifs is 7. The van der Waals surface area contributed by atoms with Crippen LogP contribution in [0.15, 0.2) is 48.5 Å². The van der Waals surface area contributed by atoms with Gasteiger partial charge in [-0.15, -0.1) is 0 Å². The third-order valence-electron chi connectivity index (χ3n) is 7.43. The molecule has 31 heavy (non-hydrogen) atoms. The average Bonchev–Trinajstić information content (AvgIpc) is 3.30. The Kier molecular flexibility index (Phi) is 4.41. The Morgan fingerprint density at radius 1 is 0.839 bits per heavy atom. The van der Waals surface area contributed by atoms with Crippen LogP contribution in [0, 0.1) is 0 Å². The number of benzene rings is 2. The van der Waals surface area contributed by atoms with Crippen molar-refractivity contribution < 1.29 is 9.90 Å². The molecule has 3 heterocycles. The molecule has 4 aromatic rings. The van der Waals surface area contributed by atoms with Crippen molar-refractivity contribution in [1.82, 2.24) is 9.13 Å². The van der Waals surface area contributed by atoms with E-state index in [2.05, 4.69) is 45.5 Å². The van der Waals surface area contributed by atoms with Crippen LogP contribution >= 0.6 is 0 Å². The third kappa shape index (κ3) is 2.92. The lowest BCUT2D eigenvalue weighted by molar-refractivity contribution is 0.0697. The minimum Gasteiger partial charge on any atom is -0.478 e. The molecule has 1 N–H and O–H groups in total. The molecule has 2 aromatic carbocycles. The van der Waals surface area contributed by atoms with E-state index in [0.29, 0.717) is 11.5 Å². The van der Waals surface area contributed by atoms with Crippen LogP contribution in [0.4, 0.5) is 0 Å². The summed E-state index contributed by atoms with van der Waals surface area (Å²) in [4.78, 5) is 11.7. The van der Waals surface area contributed by atoms with Gasteiger partial charge in [0.15, 0.2) is 0 Å². The molecule has 6 rings (SSSR count). The highest BCUT2D eigenvalue weighted by Crippen LogP contribution is 2.46. The number of hydrogen-bond donors (Lipinski definition) is 1. The van der Waals surface area contributed by atoms with E-state index >= 15 is 0 Å². The van der Waals surface area contributed by atoms with E-state index < -0.39 is 5.97 Å². The molecular weight excluding hydrogens is 384 g/mol. The van der Waals surface area contributed by atoms with E-state index in [4.69, 9.17) is 0 Å². The second kappa shape index (κ2) is 7.30. The largest absolute Gasteiger partial charge is 0.478 e. The van der Waals surface area contributed by atoms with E-state index in [9.17, 15) is 9.90 Å². The minimum absolute atomic E-state index is 0.380. The van der Waals surface area contributed by atoms with Gasteiger partial charge < -0.3 is 14.2 Å². The van der Waals surface area contributed by atoms with E-state index in [-0.39, 0.29) is 0 Å². The first-order chi connectivity index (χ1) is 15.2. The number of aryl methyl sites for hydroxylation is 2. The molecule has 0 atom stereocenters.